The van der Waals surface area contributed by atoms with Crippen LogP contribution in [-0.2, 0) is 9.59 Å². The topological polar surface area (TPSA) is 99.2 Å². The number of benzene rings is 1. The van der Waals surface area contributed by atoms with Crippen LogP contribution in [0.1, 0.15) is 44.1 Å². The van der Waals surface area contributed by atoms with Gasteiger partial charge in [0.25, 0.3) is 0 Å². The van der Waals surface area contributed by atoms with Crippen molar-refractivity contribution in [3.05, 3.63) is 29.8 Å². The Morgan fingerprint density at radius 1 is 1.10 bits per heavy atom. The average Bonchev–Trinajstić information content (AvgIpc) is 2.76. The van der Waals surface area contributed by atoms with Crippen LogP contribution in [0.3, 0.4) is 0 Å². The van der Waals surface area contributed by atoms with Gasteiger partial charge in [-0.15, -0.1) is 0 Å². The van der Waals surface area contributed by atoms with Gasteiger partial charge in [0, 0.05) is 43.8 Å². The largest absolute Gasteiger partial charge is 0.507 e. The predicted molar refractivity (Wildman–Crippen MR) is 112 cm³/mol. The summed E-state index contributed by atoms with van der Waals surface area (Å²) in [5.41, 5.74) is 0.532. The van der Waals surface area contributed by atoms with Gasteiger partial charge in [-0.2, -0.15) is 0 Å². The monoisotopic (exact) mass is 415 g/mol. The van der Waals surface area contributed by atoms with Crippen molar-refractivity contribution in [2.75, 3.05) is 32.8 Å². The van der Waals surface area contributed by atoms with Crippen molar-refractivity contribution in [2.24, 2.45) is 0 Å². The number of nitrogens with zero attached hydrogens (tertiary/aromatic N) is 2. The molecule has 162 valence electrons. The number of likely N-dealkylation sites (tertiary alicyclic amines) is 2. The predicted octanol–water partition coefficient (Wildman–Crippen LogP) is 2.52. The highest BCUT2D eigenvalue weighted by Crippen LogP contribution is 2.25. The first kappa shape index (κ1) is 21.7. The van der Waals surface area contributed by atoms with Gasteiger partial charge >= 0.3 is 6.03 Å². The molecule has 0 bridgehead atoms. The standard InChI is InChI=1S/C22H29N3O5/c26-19-16-18(30-15-11-23-22(29)25-14-5-2-6-21(25)28)9-7-17(19)8-10-20(27)24-12-3-1-4-13-24/h7-10,16,26H,1-6,11-15H2,(H,23,29)/b10-8+. The molecule has 0 aliphatic carbocycles. The third-order valence-corrected chi connectivity index (χ3v) is 5.29. The molecule has 0 aromatic heterocycles. The molecule has 0 radical (unpaired) electrons. The molecule has 2 aliphatic rings. The minimum absolute atomic E-state index is 0.0122. The minimum atomic E-state index is -0.398. The van der Waals surface area contributed by atoms with E-state index in [4.69, 9.17) is 4.74 Å². The molecule has 3 rings (SSSR count). The molecule has 0 unspecified atom stereocenters. The molecule has 2 N–H and O–H groups in total. The first-order valence-corrected chi connectivity index (χ1v) is 10.6. The second-order valence-electron chi connectivity index (χ2n) is 7.52. The van der Waals surface area contributed by atoms with Crippen LogP contribution >= 0.6 is 0 Å². The smallest absolute Gasteiger partial charge is 0.324 e. The molecule has 4 amide bonds. The van der Waals surface area contributed by atoms with Crippen LogP contribution in [-0.4, -0.2) is 65.5 Å². The van der Waals surface area contributed by atoms with E-state index in [-0.39, 0.29) is 30.7 Å². The highest BCUT2D eigenvalue weighted by molar-refractivity contribution is 5.94. The number of phenols is 1. The molecular weight excluding hydrogens is 386 g/mol. The summed E-state index contributed by atoms with van der Waals surface area (Å²) in [6.07, 6.45) is 8.39. The molecule has 0 atom stereocenters. The zero-order chi connectivity index (χ0) is 21.3. The molecule has 0 spiro atoms. The molecule has 30 heavy (non-hydrogen) atoms. The van der Waals surface area contributed by atoms with Crippen molar-refractivity contribution in [1.29, 1.82) is 0 Å². The van der Waals surface area contributed by atoms with E-state index in [1.165, 1.54) is 17.0 Å². The fourth-order valence-electron chi connectivity index (χ4n) is 3.58. The molecular formula is C22H29N3O5. The fraction of sp³-hybridized carbons (Fsp3) is 0.500. The first-order valence-electron chi connectivity index (χ1n) is 10.6. The van der Waals surface area contributed by atoms with Crippen molar-refractivity contribution in [1.82, 2.24) is 15.1 Å². The number of carbonyl (C=O) groups is 3. The van der Waals surface area contributed by atoms with Crippen molar-refractivity contribution >= 4 is 23.9 Å². The second kappa shape index (κ2) is 10.7. The number of urea groups is 1. The highest BCUT2D eigenvalue weighted by atomic mass is 16.5. The van der Waals surface area contributed by atoms with Crippen LogP contribution in [0.2, 0.25) is 0 Å². The van der Waals surface area contributed by atoms with Crippen molar-refractivity contribution < 1.29 is 24.2 Å². The number of imide groups is 1. The van der Waals surface area contributed by atoms with E-state index >= 15 is 0 Å². The third kappa shape index (κ3) is 5.98. The molecule has 8 nitrogen and oxygen atoms in total. The Hall–Kier alpha value is -3.03. The maximum absolute atomic E-state index is 12.2. The summed E-state index contributed by atoms with van der Waals surface area (Å²) in [7, 11) is 0. The molecule has 1 aromatic carbocycles. The SMILES string of the molecule is O=C(/C=C/c1ccc(OCCNC(=O)N2CCCCC2=O)cc1O)N1CCCCC1. The maximum atomic E-state index is 12.2. The Labute approximate surface area is 176 Å². The fourth-order valence-corrected chi connectivity index (χ4v) is 3.58. The number of aromatic hydroxyl groups is 1. The van der Waals surface area contributed by atoms with E-state index in [2.05, 4.69) is 5.32 Å². The lowest BCUT2D eigenvalue weighted by atomic mass is 10.1. The van der Waals surface area contributed by atoms with Crippen LogP contribution in [0.15, 0.2) is 24.3 Å². The van der Waals surface area contributed by atoms with Crippen LogP contribution in [0.4, 0.5) is 4.79 Å². The number of amides is 4. The Morgan fingerprint density at radius 3 is 2.60 bits per heavy atom. The van der Waals surface area contributed by atoms with Gasteiger partial charge < -0.3 is 20.1 Å². The summed E-state index contributed by atoms with van der Waals surface area (Å²) < 4.78 is 5.55. The Balaban J connectivity index is 1.43. The van der Waals surface area contributed by atoms with Gasteiger partial charge in [-0.05, 0) is 50.3 Å². The average molecular weight is 415 g/mol. The van der Waals surface area contributed by atoms with Crippen LogP contribution < -0.4 is 10.1 Å². The number of phenolic OH excluding ortho intramolecular Hbond substituents is 1. The molecule has 2 saturated heterocycles. The Bertz CT molecular complexity index is 802. The van der Waals surface area contributed by atoms with E-state index in [1.54, 1.807) is 18.2 Å². The van der Waals surface area contributed by atoms with Crippen LogP contribution in [0, 0.1) is 0 Å². The lowest BCUT2D eigenvalue weighted by Crippen LogP contribution is -2.47. The summed E-state index contributed by atoms with van der Waals surface area (Å²) in [5, 5.41) is 12.9. The molecule has 1 aromatic rings. The van der Waals surface area contributed by atoms with E-state index in [9.17, 15) is 19.5 Å². The minimum Gasteiger partial charge on any atom is -0.507 e. The van der Waals surface area contributed by atoms with Gasteiger partial charge in [0.1, 0.15) is 18.1 Å². The van der Waals surface area contributed by atoms with E-state index in [0.29, 0.717) is 24.3 Å². The highest BCUT2D eigenvalue weighted by Gasteiger charge is 2.23. The van der Waals surface area contributed by atoms with Gasteiger partial charge in [-0.1, -0.05) is 0 Å². The summed E-state index contributed by atoms with van der Waals surface area (Å²) >= 11 is 0. The lowest BCUT2D eigenvalue weighted by molar-refractivity contribution is -0.130. The van der Waals surface area contributed by atoms with E-state index < -0.39 is 6.03 Å². The van der Waals surface area contributed by atoms with Crippen LogP contribution in [0.5, 0.6) is 11.5 Å². The third-order valence-electron chi connectivity index (χ3n) is 5.29. The number of ether oxygens (including phenoxy) is 1. The van der Waals surface area contributed by atoms with Gasteiger partial charge in [0.2, 0.25) is 11.8 Å². The number of carbonyl (C=O) groups excluding carboxylic acids is 3. The molecule has 0 saturated carbocycles. The van der Waals surface area contributed by atoms with Gasteiger partial charge in [0.15, 0.2) is 0 Å². The molecule has 2 aliphatic heterocycles. The van der Waals surface area contributed by atoms with Crippen molar-refractivity contribution in [3.63, 3.8) is 0 Å². The molecule has 2 heterocycles. The number of hydrogen-bond acceptors (Lipinski definition) is 5. The number of nitrogens with one attached hydrogen (secondary N) is 1. The first-order chi connectivity index (χ1) is 14.5. The van der Waals surface area contributed by atoms with Gasteiger partial charge in [0.05, 0.1) is 6.54 Å². The maximum Gasteiger partial charge on any atom is 0.324 e. The summed E-state index contributed by atoms with van der Waals surface area (Å²) in [4.78, 5) is 39.0. The van der Waals surface area contributed by atoms with Gasteiger partial charge in [-0.3, -0.25) is 14.5 Å². The number of hydrogen-bond donors (Lipinski definition) is 2. The molecule has 8 heteroatoms. The lowest BCUT2D eigenvalue weighted by Gasteiger charge is -2.25. The summed E-state index contributed by atoms with van der Waals surface area (Å²) in [6, 6.07) is 4.45. The normalized spacial score (nSPS) is 17.3. The zero-order valence-electron chi connectivity index (χ0n) is 17.1. The molecule has 2 fully saturated rings. The summed E-state index contributed by atoms with van der Waals surface area (Å²) in [5.74, 6) is 0.276. The van der Waals surface area contributed by atoms with Crippen LogP contribution in [0.25, 0.3) is 6.08 Å². The van der Waals surface area contributed by atoms with Gasteiger partial charge in [-0.25, -0.2) is 4.79 Å². The van der Waals surface area contributed by atoms with E-state index in [0.717, 1.165) is 45.2 Å². The zero-order valence-corrected chi connectivity index (χ0v) is 17.1. The summed E-state index contributed by atoms with van der Waals surface area (Å²) in [6.45, 7) is 2.47. The number of piperidine rings is 2. The second-order valence-corrected chi connectivity index (χ2v) is 7.52. The quantitative estimate of drug-likeness (QED) is 0.549. The van der Waals surface area contributed by atoms with Crippen molar-refractivity contribution in [3.8, 4) is 11.5 Å². The Kier molecular flexibility index (Phi) is 7.70. The Morgan fingerprint density at radius 2 is 1.87 bits per heavy atom. The number of rotatable bonds is 6. The van der Waals surface area contributed by atoms with E-state index in [1.807, 2.05) is 4.90 Å². The van der Waals surface area contributed by atoms with Crippen molar-refractivity contribution in [2.45, 2.75) is 38.5 Å².